The number of aromatic nitrogens is 2. The van der Waals surface area contributed by atoms with Gasteiger partial charge in [0.2, 0.25) is 11.8 Å². The van der Waals surface area contributed by atoms with Crippen molar-refractivity contribution in [2.75, 3.05) is 30.1 Å². The van der Waals surface area contributed by atoms with Crippen LogP contribution in [-0.2, 0) is 9.59 Å². The summed E-state index contributed by atoms with van der Waals surface area (Å²) < 4.78 is 0. The highest BCUT2D eigenvalue weighted by molar-refractivity contribution is 7.98. The van der Waals surface area contributed by atoms with Gasteiger partial charge >= 0.3 is 0 Å². The summed E-state index contributed by atoms with van der Waals surface area (Å²) in [6.07, 6.45) is 1.87. The quantitative estimate of drug-likeness (QED) is 0.461. The largest absolute Gasteiger partial charge is 0.373 e. The van der Waals surface area contributed by atoms with Crippen LogP contribution in [0.3, 0.4) is 0 Å². The molecule has 0 radical (unpaired) electrons. The van der Waals surface area contributed by atoms with Crippen molar-refractivity contribution in [3.05, 3.63) is 6.07 Å². The van der Waals surface area contributed by atoms with E-state index in [0.29, 0.717) is 16.8 Å². The fourth-order valence-corrected chi connectivity index (χ4v) is 2.15. The normalized spacial score (nSPS) is 19.3. The first-order valence-electron chi connectivity index (χ1n) is 5.76. The van der Waals surface area contributed by atoms with E-state index in [1.165, 1.54) is 11.8 Å². The molecule has 2 rings (SSSR count). The summed E-state index contributed by atoms with van der Waals surface area (Å²) in [5, 5.41) is 5.83. The van der Waals surface area contributed by atoms with E-state index in [9.17, 15) is 9.59 Å². The van der Waals surface area contributed by atoms with E-state index in [4.69, 9.17) is 0 Å². The molecule has 1 atom stereocenters. The minimum absolute atomic E-state index is 0.112. The third kappa shape index (κ3) is 2.78. The van der Waals surface area contributed by atoms with Crippen molar-refractivity contribution in [2.24, 2.45) is 0 Å². The number of piperazine rings is 1. The second-order valence-electron chi connectivity index (χ2n) is 4.06. The topological polar surface area (TPSA) is 87.2 Å². The second-order valence-corrected chi connectivity index (χ2v) is 4.84. The van der Waals surface area contributed by atoms with E-state index in [0.717, 1.165) is 0 Å². The number of carbonyl (C=O) groups is 2. The number of hydrogen-bond donors (Lipinski definition) is 2. The predicted molar refractivity (Wildman–Crippen MR) is 73.3 cm³/mol. The van der Waals surface area contributed by atoms with Gasteiger partial charge in [-0.15, -0.1) is 0 Å². The molecule has 0 spiro atoms. The lowest BCUT2D eigenvalue weighted by atomic mass is 10.2. The molecule has 8 heteroatoms. The average Bonchev–Trinajstić information content (AvgIpc) is 2.42. The Morgan fingerprint density at radius 2 is 2.21 bits per heavy atom. The van der Waals surface area contributed by atoms with Crippen molar-refractivity contribution >= 4 is 35.2 Å². The van der Waals surface area contributed by atoms with E-state index < -0.39 is 6.04 Å². The minimum atomic E-state index is -0.438. The first kappa shape index (κ1) is 13.6. The minimum Gasteiger partial charge on any atom is -0.373 e. The van der Waals surface area contributed by atoms with Gasteiger partial charge in [0, 0.05) is 13.1 Å². The Kier molecular flexibility index (Phi) is 3.89. The van der Waals surface area contributed by atoms with Crippen molar-refractivity contribution in [1.29, 1.82) is 0 Å². The van der Waals surface area contributed by atoms with Gasteiger partial charge in [-0.3, -0.25) is 14.9 Å². The number of carbonyl (C=O) groups excluding carboxylic acids is 2. The molecule has 0 aliphatic carbocycles. The molecule has 7 nitrogen and oxygen atoms in total. The van der Waals surface area contributed by atoms with Crippen molar-refractivity contribution in [1.82, 2.24) is 15.3 Å². The van der Waals surface area contributed by atoms with Gasteiger partial charge in [0.25, 0.3) is 0 Å². The molecule has 0 saturated carbocycles. The van der Waals surface area contributed by atoms with E-state index >= 15 is 0 Å². The standard InChI is InChI=1S/C11H15N5O2S/c1-6-10(18)15-9(17)5-16(6)8-4-7(12-2)13-11(14-8)19-3/h4,6H,5H2,1-3H3,(H,12,13,14)(H,15,17,18). The second kappa shape index (κ2) is 5.43. The van der Waals surface area contributed by atoms with Crippen LogP contribution in [0.4, 0.5) is 11.6 Å². The maximum atomic E-state index is 11.7. The lowest BCUT2D eigenvalue weighted by Gasteiger charge is -2.32. The number of rotatable bonds is 3. The zero-order valence-corrected chi connectivity index (χ0v) is 11.7. The highest BCUT2D eigenvalue weighted by atomic mass is 32.2. The molecule has 19 heavy (non-hydrogen) atoms. The molecule has 2 N–H and O–H groups in total. The molecule has 1 saturated heterocycles. The summed E-state index contributed by atoms with van der Waals surface area (Å²) in [6.45, 7) is 1.85. The zero-order chi connectivity index (χ0) is 14.0. The van der Waals surface area contributed by atoms with Gasteiger partial charge in [0.05, 0.1) is 6.54 Å². The number of anilines is 2. The Hall–Kier alpha value is -1.83. The van der Waals surface area contributed by atoms with Crippen LogP contribution < -0.4 is 15.5 Å². The van der Waals surface area contributed by atoms with Gasteiger partial charge in [-0.25, -0.2) is 9.97 Å². The SMILES string of the molecule is CNc1cc(N2CC(=O)NC(=O)C2C)nc(SC)n1. The summed E-state index contributed by atoms with van der Waals surface area (Å²) in [6, 6.07) is 1.29. The van der Waals surface area contributed by atoms with Crippen molar-refractivity contribution in [3.63, 3.8) is 0 Å². The van der Waals surface area contributed by atoms with E-state index in [2.05, 4.69) is 20.6 Å². The third-order valence-electron chi connectivity index (χ3n) is 2.85. The van der Waals surface area contributed by atoms with Crippen LogP contribution in [-0.4, -0.2) is 47.7 Å². The van der Waals surface area contributed by atoms with Crippen LogP contribution in [0.15, 0.2) is 11.2 Å². The highest BCUT2D eigenvalue weighted by Crippen LogP contribution is 2.22. The molecule has 2 heterocycles. The highest BCUT2D eigenvalue weighted by Gasteiger charge is 2.31. The number of nitrogens with one attached hydrogen (secondary N) is 2. The maximum Gasteiger partial charge on any atom is 0.249 e. The van der Waals surface area contributed by atoms with Gasteiger partial charge in [0.15, 0.2) is 5.16 Å². The number of nitrogens with zero attached hydrogens (tertiary/aromatic N) is 3. The summed E-state index contributed by atoms with van der Waals surface area (Å²) in [5.41, 5.74) is 0. The number of imide groups is 1. The van der Waals surface area contributed by atoms with Gasteiger partial charge in [-0.1, -0.05) is 11.8 Å². The molecule has 1 aliphatic heterocycles. The third-order valence-corrected chi connectivity index (χ3v) is 3.40. The van der Waals surface area contributed by atoms with Crippen LogP contribution in [0.2, 0.25) is 0 Å². The van der Waals surface area contributed by atoms with Crippen LogP contribution >= 0.6 is 11.8 Å². The average molecular weight is 281 g/mol. The van der Waals surface area contributed by atoms with E-state index in [-0.39, 0.29) is 18.4 Å². The first-order chi connectivity index (χ1) is 9.05. The lowest BCUT2D eigenvalue weighted by Crippen LogP contribution is -2.57. The Morgan fingerprint density at radius 3 is 2.84 bits per heavy atom. The van der Waals surface area contributed by atoms with Crippen LogP contribution in [0, 0.1) is 0 Å². The molecule has 2 amide bonds. The molecular weight excluding hydrogens is 266 g/mol. The summed E-state index contributed by atoms with van der Waals surface area (Å²) in [7, 11) is 1.76. The van der Waals surface area contributed by atoms with E-state index in [1.807, 2.05) is 6.26 Å². The number of hydrogen-bond acceptors (Lipinski definition) is 7. The van der Waals surface area contributed by atoms with Crippen molar-refractivity contribution in [2.45, 2.75) is 18.1 Å². The summed E-state index contributed by atoms with van der Waals surface area (Å²) in [4.78, 5) is 33.4. The molecule has 1 unspecified atom stereocenters. The smallest absolute Gasteiger partial charge is 0.249 e. The van der Waals surface area contributed by atoms with Gasteiger partial charge in [-0.05, 0) is 13.2 Å². The predicted octanol–water partition coefficient (Wildman–Crippen LogP) is 0.0915. The van der Waals surface area contributed by atoms with E-state index in [1.54, 1.807) is 24.9 Å². The summed E-state index contributed by atoms with van der Waals surface area (Å²) in [5.74, 6) is 0.587. The molecular formula is C11H15N5O2S. The Labute approximate surface area is 115 Å². The van der Waals surface area contributed by atoms with Gasteiger partial charge in [-0.2, -0.15) is 0 Å². The fourth-order valence-electron chi connectivity index (χ4n) is 1.77. The van der Waals surface area contributed by atoms with Gasteiger partial charge < -0.3 is 10.2 Å². The summed E-state index contributed by atoms with van der Waals surface area (Å²) >= 11 is 1.40. The van der Waals surface area contributed by atoms with Crippen LogP contribution in [0.5, 0.6) is 0 Å². The number of thioether (sulfide) groups is 1. The molecule has 1 aliphatic rings. The van der Waals surface area contributed by atoms with Gasteiger partial charge in [0.1, 0.15) is 17.7 Å². The van der Waals surface area contributed by atoms with Crippen LogP contribution in [0.1, 0.15) is 6.92 Å². The van der Waals surface area contributed by atoms with Crippen molar-refractivity contribution < 1.29 is 9.59 Å². The van der Waals surface area contributed by atoms with Crippen LogP contribution in [0.25, 0.3) is 0 Å². The Bertz CT molecular complexity index is 500. The first-order valence-corrected chi connectivity index (χ1v) is 6.98. The zero-order valence-electron chi connectivity index (χ0n) is 10.9. The molecule has 1 aromatic rings. The molecule has 1 fully saturated rings. The molecule has 0 bridgehead atoms. The number of amides is 2. The molecule has 1 aromatic heterocycles. The van der Waals surface area contributed by atoms with Crippen molar-refractivity contribution in [3.8, 4) is 0 Å². The molecule has 102 valence electrons. The maximum absolute atomic E-state index is 11.7. The fraction of sp³-hybridized carbons (Fsp3) is 0.455. The lowest BCUT2D eigenvalue weighted by molar-refractivity contribution is -0.132. The Balaban J connectivity index is 2.39. The Morgan fingerprint density at radius 1 is 1.47 bits per heavy atom. The monoisotopic (exact) mass is 281 g/mol. The molecule has 0 aromatic carbocycles.